The molecule has 1 aliphatic rings. The molecule has 1 N–H and O–H groups in total. The third-order valence-electron chi connectivity index (χ3n) is 2.37. The molecule has 0 aromatic rings. The zero-order valence-electron chi connectivity index (χ0n) is 9.38. The summed E-state index contributed by atoms with van der Waals surface area (Å²) in [4.78, 5) is 25.6. The van der Waals surface area contributed by atoms with Gasteiger partial charge in [0.25, 0.3) is 0 Å². The lowest BCUT2D eigenvalue weighted by Crippen LogP contribution is -2.48. The summed E-state index contributed by atoms with van der Waals surface area (Å²) in [5.41, 5.74) is 0. The summed E-state index contributed by atoms with van der Waals surface area (Å²) in [5.74, 6) is -0.0507. The van der Waals surface area contributed by atoms with Gasteiger partial charge in [0.05, 0.1) is 12.5 Å². The van der Waals surface area contributed by atoms with Gasteiger partial charge in [0, 0.05) is 26.5 Å². The predicted octanol–water partition coefficient (Wildman–Crippen LogP) is 0.144. The molecule has 0 bridgehead atoms. The first-order valence-electron chi connectivity index (χ1n) is 4.89. The lowest BCUT2D eigenvalue weighted by molar-refractivity contribution is -0.140. The Morgan fingerprint density at radius 1 is 1.62 bits per heavy atom. The number of amides is 2. The van der Waals surface area contributed by atoms with Crippen molar-refractivity contribution in [2.45, 2.75) is 6.04 Å². The van der Waals surface area contributed by atoms with Gasteiger partial charge in [0.2, 0.25) is 0 Å². The third kappa shape index (κ3) is 3.02. The standard InChI is InChI=1S/C9H16N2O4S/c1-10(3-4-15-2)9(14)11-6-16-5-7(11)8(12)13/h7H,3-6H2,1-2H3,(H,12,13)/t7-/m0/s1. The Morgan fingerprint density at radius 3 is 2.88 bits per heavy atom. The summed E-state index contributed by atoms with van der Waals surface area (Å²) >= 11 is 1.45. The third-order valence-corrected chi connectivity index (χ3v) is 3.38. The van der Waals surface area contributed by atoms with Gasteiger partial charge in [0.1, 0.15) is 6.04 Å². The average molecular weight is 248 g/mol. The molecule has 0 unspecified atom stereocenters. The van der Waals surface area contributed by atoms with Gasteiger partial charge in [-0.05, 0) is 0 Å². The zero-order valence-corrected chi connectivity index (χ0v) is 10.2. The van der Waals surface area contributed by atoms with E-state index in [0.717, 1.165) is 0 Å². The van der Waals surface area contributed by atoms with Gasteiger partial charge in [-0.2, -0.15) is 0 Å². The maximum Gasteiger partial charge on any atom is 0.327 e. The van der Waals surface area contributed by atoms with E-state index >= 15 is 0 Å². The van der Waals surface area contributed by atoms with Gasteiger partial charge in [-0.1, -0.05) is 0 Å². The monoisotopic (exact) mass is 248 g/mol. The second kappa shape index (κ2) is 5.95. The van der Waals surface area contributed by atoms with Gasteiger partial charge in [-0.3, -0.25) is 0 Å². The Kier molecular flexibility index (Phi) is 4.88. The van der Waals surface area contributed by atoms with E-state index in [1.165, 1.54) is 21.6 Å². The number of carbonyl (C=O) groups is 2. The summed E-state index contributed by atoms with van der Waals surface area (Å²) in [7, 11) is 3.20. The summed E-state index contributed by atoms with van der Waals surface area (Å²) in [6.45, 7) is 0.907. The Bertz CT molecular complexity index is 274. The molecule has 1 fully saturated rings. The number of methoxy groups -OCH3 is 1. The number of rotatable bonds is 4. The van der Waals surface area contributed by atoms with E-state index in [-0.39, 0.29) is 6.03 Å². The number of ether oxygens (including phenoxy) is 1. The van der Waals surface area contributed by atoms with Crippen molar-refractivity contribution in [1.29, 1.82) is 0 Å². The van der Waals surface area contributed by atoms with Crippen LogP contribution in [0.3, 0.4) is 0 Å². The Morgan fingerprint density at radius 2 is 2.31 bits per heavy atom. The molecule has 1 saturated heterocycles. The van der Waals surface area contributed by atoms with Crippen LogP contribution in [-0.4, -0.2) is 71.9 Å². The highest BCUT2D eigenvalue weighted by Crippen LogP contribution is 2.22. The molecule has 92 valence electrons. The van der Waals surface area contributed by atoms with Crippen molar-refractivity contribution < 1.29 is 19.4 Å². The Labute approximate surface area is 98.5 Å². The minimum Gasteiger partial charge on any atom is -0.480 e. The van der Waals surface area contributed by atoms with Crippen LogP contribution in [0.1, 0.15) is 0 Å². The number of hydrogen-bond acceptors (Lipinski definition) is 4. The second-order valence-corrected chi connectivity index (χ2v) is 4.52. The number of likely N-dealkylation sites (N-methyl/N-ethyl adjacent to an activating group) is 1. The van der Waals surface area contributed by atoms with E-state index in [1.54, 1.807) is 14.2 Å². The average Bonchev–Trinajstić information content (AvgIpc) is 2.73. The first-order valence-corrected chi connectivity index (χ1v) is 6.04. The number of urea groups is 1. The van der Waals surface area contributed by atoms with Crippen LogP contribution in [0.15, 0.2) is 0 Å². The molecule has 2 amide bonds. The molecule has 16 heavy (non-hydrogen) atoms. The molecule has 0 aromatic heterocycles. The first kappa shape index (κ1) is 13.1. The van der Waals surface area contributed by atoms with Gasteiger partial charge < -0.3 is 19.6 Å². The van der Waals surface area contributed by atoms with Crippen LogP contribution in [0.5, 0.6) is 0 Å². The van der Waals surface area contributed by atoms with Crippen LogP contribution in [0.2, 0.25) is 0 Å². The fourth-order valence-electron chi connectivity index (χ4n) is 1.38. The van der Waals surface area contributed by atoms with E-state index in [1.807, 2.05) is 0 Å². The van der Waals surface area contributed by atoms with Crippen molar-refractivity contribution >= 4 is 23.8 Å². The van der Waals surface area contributed by atoms with Crippen LogP contribution in [0.25, 0.3) is 0 Å². The number of carboxylic acids is 1. The smallest absolute Gasteiger partial charge is 0.327 e. The van der Waals surface area contributed by atoms with Crippen LogP contribution in [0.4, 0.5) is 4.79 Å². The van der Waals surface area contributed by atoms with Crippen molar-refractivity contribution in [3.8, 4) is 0 Å². The topological polar surface area (TPSA) is 70.1 Å². The lowest BCUT2D eigenvalue weighted by atomic mass is 10.3. The van der Waals surface area contributed by atoms with E-state index in [9.17, 15) is 9.59 Å². The first-order chi connectivity index (χ1) is 7.57. The number of thioether (sulfide) groups is 1. The number of carboxylic acid groups (broad SMARTS) is 1. The molecule has 7 heteroatoms. The molecule has 0 spiro atoms. The normalized spacial score (nSPS) is 19.9. The molecule has 1 heterocycles. The number of nitrogens with zero attached hydrogens (tertiary/aromatic N) is 2. The van der Waals surface area contributed by atoms with E-state index in [2.05, 4.69) is 0 Å². The summed E-state index contributed by atoms with van der Waals surface area (Å²) < 4.78 is 4.87. The van der Waals surface area contributed by atoms with E-state index in [4.69, 9.17) is 9.84 Å². The van der Waals surface area contributed by atoms with Gasteiger partial charge in [-0.15, -0.1) is 11.8 Å². The maximum atomic E-state index is 11.9. The van der Waals surface area contributed by atoms with Crippen LogP contribution >= 0.6 is 11.8 Å². The van der Waals surface area contributed by atoms with Crippen LogP contribution < -0.4 is 0 Å². The largest absolute Gasteiger partial charge is 0.480 e. The molecule has 0 radical (unpaired) electrons. The maximum absolute atomic E-state index is 11.9. The molecule has 1 atom stereocenters. The SMILES string of the molecule is COCCN(C)C(=O)N1CSC[C@H]1C(=O)O. The lowest BCUT2D eigenvalue weighted by Gasteiger charge is -2.26. The van der Waals surface area contributed by atoms with Crippen molar-refractivity contribution in [2.75, 3.05) is 38.9 Å². The van der Waals surface area contributed by atoms with Gasteiger partial charge >= 0.3 is 12.0 Å². The van der Waals surface area contributed by atoms with Crippen molar-refractivity contribution in [3.05, 3.63) is 0 Å². The Hall–Kier alpha value is -0.950. The molecule has 0 aromatic carbocycles. The van der Waals surface area contributed by atoms with E-state index < -0.39 is 12.0 Å². The fourth-order valence-corrected chi connectivity index (χ4v) is 2.52. The number of aliphatic carboxylic acids is 1. The molecular weight excluding hydrogens is 232 g/mol. The van der Waals surface area contributed by atoms with E-state index in [0.29, 0.717) is 24.8 Å². The van der Waals surface area contributed by atoms with Crippen molar-refractivity contribution in [2.24, 2.45) is 0 Å². The summed E-state index contributed by atoms with van der Waals surface area (Å²) in [6.07, 6.45) is 0. The quantitative estimate of drug-likeness (QED) is 0.766. The van der Waals surface area contributed by atoms with Crippen molar-refractivity contribution in [3.63, 3.8) is 0 Å². The highest BCUT2D eigenvalue weighted by atomic mass is 32.2. The van der Waals surface area contributed by atoms with Gasteiger partial charge in [-0.25, -0.2) is 9.59 Å². The number of hydrogen-bond donors (Lipinski definition) is 1. The molecular formula is C9H16N2O4S. The fraction of sp³-hybridized carbons (Fsp3) is 0.778. The molecule has 1 aliphatic heterocycles. The van der Waals surface area contributed by atoms with Crippen molar-refractivity contribution in [1.82, 2.24) is 9.80 Å². The highest BCUT2D eigenvalue weighted by Gasteiger charge is 2.35. The van der Waals surface area contributed by atoms with Crippen LogP contribution in [-0.2, 0) is 9.53 Å². The molecule has 1 rings (SSSR count). The highest BCUT2D eigenvalue weighted by molar-refractivity contribution is 7.99. The zero-order chi connectivity index (χ0) is 12.1. The summed E-state index contributed by atoms with van der Waals surface area (Å²) in [6, 6.07) is -0.961. The number of carbonyl (C=O) groups excluding carboxylic acids is 1. The Balaban J connectivity index is 2.55. The van der Waals surface area contributed by atoms with Gasteiger partial charge in [0.15, 0.2) is 0 Å². The minimum atomic E-state index is -0.946. The predicted molar refractivity (Wildman–Crippen MR) is 60.5 cm³/mol. The molecule has 0 saturated carbocycles. The van der Waals surface area contributed by atoms with Crippen LogP contribution in [0, 0.1) is 0 Å². The summed E-state index contributed by atoms with van der Waals surface area (Å²) in [5, 5.41) is 8.94. The molecule has 0 aliphatic carbocycles. The molecule has 6 nitrogen and oxygen atoms in total. The second-order valence-electron chi connectivity index (χ2n) is 3.52. The minimum absolute atomic E-state index is 0.255.